The van der Waals surface area contributed by atoms with E-state index in [9.17, 15) is 0 Å². The van der Waals surface area contributed by atoms with Crippen LogP contribution in [0.3, 0.4) is 0 Å². The molecule has 1 aromatic heterocycles. The minimum Gasteiger partial charge on any atom is -0.480 e. The predicted molar refractivity (Wildman–Crippen MR) is 79.2 cm³/mol. The van der Waals surface area contributed by atoms with Crippen molar-refractivity contribution in [2.45, 2.75) is 24.3 Å². The Bertz CT molecular complexity index is 558. The van der Waals surface area contributed by atoms with Crippen LogP contribution in [-0.2, 0) is 0 Å². The number of benzene rings is 1. The summed E-state index contributed by atoms with van der Waals surface area (Å²) in [4.78, 5) is 5.70. The van der Waals surface area contributed by atoms with Crippen LogP contribution in [-0.4, -0.2) is 21.7 Å². The van der Waals surface area contributed by atoms with Gasteiger partial charge in [0, 0.05) is 28.7 Å². The standard InChI is InChI=1S/C13H15N3OS2/c1-2-7-14-13-15-12(16-19-13)10-8-18-11-6-4-3-5-9(11)17-10/h3-6,10H,2,7-8H2,1H3,(H,14,15,16). The molecule has 0 fully saturated rings. The number of nitrogens with zero attached hydrogens (tertiary/aromatic N) is 2. The molecule has 0 saturated heterocycles. The molecule has 0 amide bonds. The van der Waals surface area contributed by atoms with E-state index in [4.69, 9.17) is 4.74 Å². The topological polar surface area (TPSA) is 47.0 Å². The second-order valence-corrected chi connectivity index (χ2v) is 6.06. The van der Waals surface area contributed by atoms with Crippen molar-refractivity contribution in [3.8, 4) is 5.75 Å². The quantitative estimate of drug-likeness (QED) is 0.933. The second kappa shape index (κ2) is 5.79. The van der Waals surface area contributed by atoms with Crippen LogP contribution in [0.5, 0.6) is 5.75 Å². The SMILES string of the molecule is CCCNc1nc(C2CSc3ccccc3O2)ns1. The van der Waals surface area contributed by atoms with Crippen molar-refractivity contribution >= 4 is 28.4 Å². The molecule has 100 valence electrons. The Morgan fingerprint density at radius 3 is 3.21 bits per heavy atom. The first-order chi connectivity index (χ1) is 9.36. The molecule has 1 atom stereocenters. The highest BCUT2D eigenvalue weighted by molar-refractivity contribution is 7.99. The number of para-hydroxylation sites is 1. The van der Waals surface area contributed by atoms with Crippen molar-refractivity contribution < 1.29 is 4.74 Å². The summed E-state index contributed by atoms with van der Waals surface area (Å²) >= 11 is 3.20. The van der Waals surface area contributed by atoms with Gasteiger partial charge in [-0.05, 0) is 18.6 Å². The summed E-state index contributed by atoms with van der Waals surface area (Å²) in [5.74, 6) is 2.58. The van der Waals surface area contributed by atoms with E-state index in [1.807, 2.05) is 18.2 Å². The van der Waals surface area contributed by atoms with E-state index in [-0.39, 0.29) is 6.10 Å². The average molecular weight is 293 g/mol. The first kappa shape index (κ1) is 12.7. The summed E-state index contributed by atoms with van der Waals surface area (Å²) in [6.07, 6.45) is 1.03. The lowest BCUT2D eigenvalue weighted by atomic mass is 10.3. The minimum absolute atomic E-state index is 0.0478. The highest BCUT2D eigenvalue weighted by Crippen LogP contribution is 2.39. The van der Waals surface area contributed by atoms with E-state index in [2.05, 4.69) is 27.7 Å². The fraction of sp³-hybridized carbons (Fsp3) is 0.385. The molecule has 2 heterocycles. The summed E-state index contributed by atoms with van der Waals surface area (Å²) in [5.41, 5.74) is 0. The number of hydrogen-bond acceptors (Lipinski definition) is 6. The van der Waals surface area contributed by atoms with Gasteiger partial charge in [-0.2, -0.15) is 9.36 Å². The summed E-state index contributed by atoms with van der Waals surface area (Å²) in [7, 11) is 0. The van der Waals surface area contributed by atoms with E-state index in [0.717, 1.165) is 35.4 Å². The smallest absolute Gasteiger partial charge is 0.202 e. The third kappa shape index (κ3) is 2.84. The van der Waals surface area contributed by atoms with E-state index >= 15 is 0 Å². The molecule has 0 bridgehead atoms. The van der Waals surface area contributed by atoms with Gasteiger partial charge in [-0.15, -0.1) is 11.8 Å². The molecule has 0 aliphatic carbocycles. The Morgan fingerprint density at radius 1 is 1.42 bits per heavy atom. The van der Waals surface area contributed by atoms with E-state index in [0.29, 0.717) is 0 Å². The van der Waals surface area contributed by atoms with Gasteiger partial charge in [0.05, 0.1) is 0 Å². The Balaban J connectivity index is 1.72. The molecule has 1 aliphatic heterocycles. The first-order valence-corrected chi connectivity index (χ1v) is 8.08. The van der Waals surface area contributed by atoms with Gasteiger partial charge < -0.3 is 10.1 Å². The Kier molecular flexibility index (Phi) is 3.89. The number of rotatable bonds is 4. The summed E-state index contributed by atoms with van der Waals surface area (Å²) in [5, 5.41) is 4.13. The van der Waals surface area contributed by atoms with E-state index < -0.39 is 0 Å². The largest absolute Gasteiger partial charge is 0.480 e. The van der Waals surface area contributed by atoms with Crippen LogP contribution < -0.4 is 10.1 Å². The maximum atomic E-state index is 5.97. The zero-order valence-electron chi connectivity index (χ0n) is 10.6. The molecule has 0 radical (unpaired) electrons. The molecule has 4 nitrogen and oxygen atoms in total. The van der Waals surface area contributed by atoms with Gasteiger partial charge in [-0.1, -0.05) is 19.1 Å². The summed E-state index contributed by atoms with van der Waals surface area (Å²) in [6, 6.07) is 8.10. The molecule has 19 heavy (non-hydrogen) atoms. The van der Waals surface area contributed by atoms with Crippen LogP contribution in [0.1, 0.15) is 25.3 Å². The second-order valence-electron chi connectivity index (χ2n) is 4.25. The third-order valence-corrected chi connectivity index (χ3v) is 4.57. The monoisotopic (exact) mass is 293 g/mol. The third-order valence-electron chi connectivity index (χ3n) is 2.76. The molecule has 6 heteroatoms. The zero-order valence-corrected chi connectivity index (χ0v) is 12.3. The van der Waals surface area contributed by atoms with Gasteiger partial charge in [-0.25, -0.2) is 0 Å². The normalized spacial score (nSPS) is 17.6. The fourth-order valence-electron chi connectivity index (χ4n) is 1.82. The van der Waals surface area contributed by atoms with Crippen LogP contribution in [0.4, 0.5) is 5.13 Å². The van der Waals surface area contributed by atoms with Crippen molar-refractivity contribution in [1.82, 2.24) is 9.36 Å². The number of hydrogen-bond donors (Lipinski definition) is 1. The molecule has 1 aromatic carbocycles. The molecule has 1 aliphatic rings. The fourth-order valence-corrected chi connectivity index (χ4v) is 3.44. The van der Waals surface area contributed by atoms with Gasteiger partial charge in [0.15, 0.2) is 11.9 Å². The van der Waals surface area contributed by atoms with Crippen LogP contribution >= 0.6 is 23.3 Å². The average Bonchev–Trinajstić information content (AvgIpc) is 2.93. The molecule has 0 saturated carbocycles. The van der Waals surface area contributed by atoms with Crippen molar-refractivity contribution in [2.24, 2.45) is 0 Å². The Labute approximate surface area is 120 Å². The van der Waals surface area contributed by atoms with Crippen molar-refractivity contribution in [2.75, 3.05) is 17.6 Å². The van der Waals surface area contributed by atoms with Crippen molar-refractivity contribution in [1.29, 1.82) is 0 Å². The molecule has 1 unspecified atom stereocenters. The maximum Gasteiger partial charge on any atom is 0.202 e. The lowest BCUT2D eigenvalue weighted by Crippen LogP contribution is -2.16. The maximum absolute atomic E-state index is 5.97. The van der Waals surface area contributed by atoms with Gasteiger partial charge in [0.1, 0.15) is 5.75 Å². The zero-order chi connectivity index (χ0) is 13.1. The minimum atomic E-state index is -0.0478. The molecular formula is C13H15N3OS2. The van der Waals surface area contributed by atoms with E-state index in [1.165, 1.54) is 16.4 Å². The molecule has 3 rings (SSSR count). The number of aromatic nitrogens is 2. The van der Waals surface area contributed by atoms with E-state index in [1.54, 1.807) is 11.8 Å². The van der Waals surface area contributed by atoms with Gasteiger partial charge >= 0.3 is 0 Å². The number of thioether (sulfide) groups is 1. The summed E-state index contributed by atoms with van der Waals surface area (Å²) < 4.78 is 10.4. The molecular weight excluding hydrogens is 278 g/mol. The lowest BCUT2D eigenvalue weighted by molar-refractivity contribution is 0.212. The number of anilines is 1. The molecule has 1 N–H and O–H groups in total. The Hall–Kier alpha value is -1.27. The summed E-state index contributed by atoms with van der Waals surface area (Å²) in [6.45, 7) is 3.06. The predicted octanol–water partition coefficient (Wildman–Crippen LogP) is 3.59. The number of nitrogens with one attached hydrogen (secondary N) is 1. The van der Waals surface area contributed by atoms with Crippen LogP contribution in [0, 0.1) is 0 Å². The van der Waals surface area contributed by atoms with Gasteiger partial charge in [0.2, 0.25) is 5.13 Å². The number of ether oxygens (including phenoxy) is 1. The number of fused-ring (bicyclic) bond motifs is 1. The molecule has 0 spiro atoms. The first-order valence-electron chi connectivity index (χ1n) is 6.33. The van der Waals surface area contributed by atoms with Crippen LogP contribution in [0.25, 0.3) is 0 Å². The highest BCUT2D eigenvalue weighted by Gasteiger charge is 2.25. The highest BCUT2D eigenvalue weighted by atomic mass is 32.2. The van der Waals surface area contributed by atoms with Gasteiger partial charge in [-0.3, -0.25) is 0 Å². The van der Waals surface area contributed by atoms with Crippen molar-refractivity contribution in [3.63, 3.8) is 0 Å². The van der Waals surface area contributed by atoms with Crippen LogP contribution in [0.2, 0.25) is 0 Å². The Morgan fingerprint density at radius 2 is 2.32 bits per heavy atom. The van der Waals surface area contributed by atoms with Crippen LogP contribution in [0.15, 0.2) is 29.2 Å². The molecule has 2 aromatic rings. The van der Waals surface area contributed by atoms with Crippen molar-refractivity contribution in [3.05, 3.63) is 30.1 Å². The lowest BCUT2D eigenvalue weighted by Gasteiger charge is -2.23. The van der Waals surface area contributed by atoms with Gasteiger partial charge in [0.25, 0.3) is 0 Å².